The summed E-state index contributed by atoms with van der Waals surface area (Å²) in [4.78, 5) is 13.3. The lowest BCUT2D eigenvalue weighted by atomic mass is 9.69. The molecule has 31 heavy (non-hydrogen) atoms. The van der Waals surface area contributed by atoms with E-state index >= 15 is 0 Å². The van der Waals surface area contributed by atoms with E-state index in [-0.39, 0.29) is 7.43 Å². The van der Waals surface area contributed by atoms with E-state index in [0.29, 0.717) is 23.1 Å². The van der Waals surface area contributed by atoms with Crippen molar-refractivity contribution in [3.05, 3.63) is 59.3 Å². The quantitative estimate of drug-likeness (QED) is 0.450. The van der Waals surface area contributed by atoms with Gasteiger partial charge in [0.2, 0.25) is 7.37 Å². The van der Waals surface area contributed by atoms with Crippen molar-refractivity contribution >= 4 is 23.6 Å². The average molecular weight is 442 g/mol. The molecule has 1 fully saturated rings. The zero-order valence-electron chi connectivity index (χ0n) is 18.3. The highest BCUT2D eigenvalue weighted by Crippen LogP contribution is 2.44. The molecule has 1 aliphatic rings. The molecule has 1 heterocycles. The number of H-pyrrole nitrogens is 1. The predicted molar refractivity (Wildman–Crippen MR) is 131 cm³/mol. The molecular weight excluding hydrogens is 405 g/mol. The maximum absolute atomic E-state index is 12.0. The van der Waals surface area contributed by atoms with Crippen molar-refractivity contribution in [1.82, 2.24) is 4.98 Å². The van der Waals surface area contributed by atoms with E-state index < -0.39 is 7.37 Å². The first kappa shape index (κ1) is 23.6. The Balaban J connectivity index is 0.00000272. The summed E-state index contributed by atoms with van der Waals surface area (Å²) in [6.07, 6.45) is 6.56. The Labute approximate surface area is 186 Å². The van der Waals surface area contributed by atoms with Crippen LogP contribution < -0.4 is 10.0 Å². The molecule has 3 aromatic rings. The maximum atomic E-state index is 12.0. The van der Waals surface area contributed by atoms with Gasteiger partial charge in [-0.05, 0) is 79.3 Å². The standard InChI is InChI=1S/C25H32NO3P.CH4/c1-16-5-6-19(22(13-16)18-7-9-20(10-8-18)30(4,27)28)15-23-21-11-12-26-25(21)17(2)14-24(23)29-3;/h7-12,14,16,19,22,26H,5-6,13,15H2,1-4H3,(H,27,28);1H4/t16-,19?,22+;/m1./s1. The molecule has 0 aliphatic heterocycles. The van der Waals surface area contributed by atoms with E-state index in [2.05, 4.69) is 43.1 Å². The van der Waals surface area contributed by atoms with E-state index in [4.69, 9.17) is 4.74 Å². The predicted octanol–water partition coefficient (Wildman–Crippen LogP) is 6.41. The van der Waals surface area contributed by atoms with Gasteiger partial charge < -0.3 is 14.6 Å². The lowest BCUT2D eigenvalue weighted by molar-refractivity contribution is 0.245. The second-order valence-corrected chi connectivity index (χ2v) is 11.4. The highest BCUT2D eigenvalue weighted by atomic mass is 31.2. The second kappa shape index (κ2) is 9.22. The van der Waals surface area contributed by atoms with Gasteiger partial charge >= 0.3 is 0 Å². The van der Waals surface area contributed by atoms with Crippen LogP contribution in [0.5, 0.6) is 5.75 Å². The third kappa shape index (κ3) is 4.76. The molecule has 4 rings (SSSR count). The fourth-order valence-corrected chi connectivity index (χ4v) is 5.89. The number of rotatable bonds is 5. The SMILES string of the molecule is C.COc1cc(C)c2[nH]ccc2c1CC1CC[C@@H](C)C[C@H]1c1ccc(P(C)(=O)O)cc1. The van der Waals surface area contributed by atoms with Crippen molar-refractivity contribution < 1.29 is 14.2 Å². The Bertz CT molecular complexity index is 1080. The minimum Gasteiger partial charge on any atom is -0.496 e. The van der Waals surface area contributed by atoms with Gasteiger partial charge in [0.25, 0.3) is 0 Å². The van der Waals surface area contributed by atoms with Crippen molar-refractivity contribution in [2.75, 3.05) is 13.8 Å². The van der Waals surface area contributed by atoms with Crippen LogP contribution in [-0.2, 0) is 11.0 Å². The first-order valence-corrected chi connectivity index (χ1v) is 12.9. The second-order valence-electron chi connectivity index (χ2n) is 9.10. The molecule has 2 aromatic carbocycles. The smallest absolute Gasteiger partial charge is 0.226 e. The molecule has 4 nitrogen and oxygen atoms in total. The lowest BCUT2D eigenvalue weighted by Crippen LogP contribution is -2.24. The summed E-state index contributed by atoms with van der Waals surface area (Å²) < 4.78 is 17.8. The largest absolute Gasteiger partial charge is 0.496 e. The van der Waals surface area contributed by atoms with Crippen LogP contribution in [0.2, 0.25) is 0 Å². The summed E-state index contributed by atoms with van der Waals surface area (Å²) in [5.74, 6) is 2.62. The van der Waals surface area contributed by atoms with E-state index in [9.17, 15) is 9.46 Å². The van der Waals surface area contributed by atoms with Gasteiger partial charge in [0, 0.05) is 34.6 Å². The van der Waals surface area contributed by atoms with E-state index in [0.717, 1.165) is 18.6 Å². The summed E-state index contributed by atoms with van der Waals surface area (Å²) >= 11 is 0. The molecule has 1 aliphatic carbocycles. The summed E-state index contributed by atoms with van der Waals surface area (Å²) in [5.41, 5.74) is 4.96. The minimum absolute atomic E-state index is 0. The first-order valence-electron chi connectivity index (χ1n) is 10.8. The number of hydrogen-bond donors (Lipinski definition) is 2. The van der Waals surface area contributed by atoms with Gasteiger partial charge in [0.1, 0.15) is 5.75 Å². The molecule has 0 saturated heterocycles. The highest BCUT2D eigenvalue weighted by Gasteiger charge is 2.31. The maximum Gasteiger partial charge on any atom is 0.226 e. The monoisotopic (exact) mass is 441 g/mol. The number of aryl methyl sites for hydroxylation is 1. The molecule has 0 amide bonds. The van der Waals surface area contributed by atoms with Crippen LogP contribution in [0.1, 0.15) is 56.2 Å². The van der Waals surface area contributed by atoms with Crippen LogP contribution >= 0.6 is 7.37 Å². The molecule has 2 N–H and O–H groups in total. The van der Waals surface area contributed by atoms with E-state index in [1.54, 1.807) is 7.11 Å². The highest BCUT2D eigenvalue weighted by molar-refractivity contribution is 7.65. The van der Waals surface area contributed by atoms with Crippen molar-refractivity contribution in [2.45, 2.75) is 52.9 Å². The fourth-order valence-electron chi connectivity index (χ4n) is 5.18. The Morgan fingerprint density at radius 1 is 1.19 bits per heavy atom. The third-order valence-corrected chi connectivity index (χ3v) is 8.11. The van der Waals surface area contributed by atoms with Crippen LogP contribution in [0, 0.1) is 18.8 Å². The van der Waals surface area contributed by atoms with E-state index in [1.165, 1.54) is 47.1 Å². The Morgan fingerprint density at radius 3 is 2.55 bits per heavy atom. The van der Waals surface area contributed by atoms with Gasteiger partial charge in [-0.15, -0.1) is 0 Å². The number of aromatic amines is 1. The summed E-state index contributed by atoms with van der Waals surface area (Å²) in [6, 6.07) is 12.1. The van der Waals surface area contributed by atoms with Crippen LogP contribution in [0.3, 0.4) is 0 Å². The van der Waals surface area contributed by atoms with Crippen LogP contribution in [0.15, 0.2) is 42.6 Å². The number of fused-ring (bicyclic) bond motifs is 1. The lowest BCUT2D eigenvalue weighted by Gasteiger charge is -2.36. The van der Waals surface area contributed by atoms with Crippen molar-refractivity contribution in [2.24, 2.45) is 11.8 Å². The zero-order chi connectivity index (χ0) is 21.5. The number of hydrogen-bond acceptors (Lipinski definition) is 2. The van der Waals surface area contributed by atoms with Crippen LogP contribution in [0.25, 0.3) is 10.9 Å². The van der Waals surface area contributed by atoms with Crippen molar-refractivity contribution in [3.63, 3.8) is 0 Å². The molecule has 0 bridgehead atoms. The number of nitrogens with one attached hydrogen (secondary N) is 1. The fraction of sp³-hybridized carbons (Fsp3) is 0.462. The molecule has 2 unspecified atom stereocenters. The third-order valence-electron chi connectivity index (χ3n) is 6.85. The number of benzene rings is 2. The van der Waals surface area contributed by atoms with Gasteiger partial charge in [-0.1, -0.05) is 32.9 Å². The van der Waals surface area contributed by atoms with E-state index in [1.807, 2.05) is 18.3 Å². The summed E-state index contributed by atoms with van der Waals surface area (Å²) in [5, 5.41) is 1.78. The van der Waals surface area contributed by atoms with Crippen LogP contribution in [0.4, 0.5) is 0 Å². The molecule has 5 heteroatoms. The Hall–Kier alpha value is -2.03. The van der Waals surface area contributed by atoms with Crippen molar-refractivity contribution in [1.29, 1.82) is 0 Å². The number of ether oxygens (including phenoxy) is 1. The Morgan fingerprint density at radius 2 is 1.90 bits per heavy atom. The first-order chi connectivity index (χ1) is 14.3. The minimum atomic E-state index is -3.22. The molecule has 4 atom stereocenters. The van der Waals surface area contributed by atoms with Gasteiger partial charge in [-0.3, -0.25) is 4.57 Å². The van der Waals surface area contributed by atoms with Gasteiger partial charge in [-0.25, -0.2) is 0 Å². The molecule has 168 valence electrons. The van der Waals surface area contributed by atoms with Gasteiger partial charge in [0.05, 0.1) is 7.11 Å². The summed E-state index contributed by atoms with van der Waals surface area (Å²) in [7, 11) is -1.46. The van der Waals surface area contributed by atoms with Crippen LogP contribution in [-0.4, -0.2) is 23.7 Å². The molecule has 0 spiro atoms. The summed E-state index contributed by atoms with van der Waals surface area (Å²) in [6.45, 7) is 5.85. The number of aromatic nitrogens is 1. The molecule has 0 radical (unpaired) electrons. The van der Waals surface area contributed by atoms with Gasteiger partial charge in [0.15, 0.2) is 0 Å². The van der Waals surface area contributed by atoms with Gasteiger partial charge in [-0.2, -0.15) is 0 Å². The molecular formula is C26H36NO3P. The zero-order valence-corrected chi connectivity index (χ0v) is 19.2. The van der Waals surface area contributed by atoms with Crippen molar-refractivity contribution in [3.8, 4) is 5.75 Å². The normalized spacial score (nSPS) is 23.2. The molecule has 1 aromatic heterocycles. The topological polar surface area (TPSA) is 62.3 Å². The Kier molecular flexibility index (Phi) is 7.03. The average Bonchev–Trinajstić information content (AvgIpc) is 3.21. The number of methoxy groups -OCH3 is 1. The molecule has 1 saturated carbocycles.